The van der Waals surface area contributed by atoms with Crippen molar-refractivity contribution in [3.05, 3.63) is 41.0 Å². The Morgan fingerprint density at radius 1 is 1.12 bits per heavy atom. The fraction of sp³-hybridized carbons (Fsp3) is 0.579. The summed E-state index contributed by atoms with van der Waals surface area (Å²) in [5, 5.41) is 7.80. The molecule has 3 heterocycles. The van der Waals surface area contributed by atoms with Gasteiger partial charge in [-0.2, -0.15) is 4.98 Å². The second kappa shape index (κ2) is 5.88. The number of likely N-dealkylation sites (tertiary alicyclic amines) is 1. The standard InChI is InChI=1S/C19H24N4O/c1-2-13-6-9-20-17(13)16(3-1)12-23-10-7-14(8-11-23)18-21-19(24-22-18)15-4-5-15/h1-3,14-15,20H,4-12H2. The van der Waals surface area contributed by atoms with Crippen molar-refractivity contribution in [2.24, 2.45) is 0 Å². The minimum Gasteiger partial charge on any atom is -0.384 e. The summed E-state index contributed by atoms with van der Waals surface area (Å²) < 4.78 is 5.43. The van der Waals surface area contributed by atoms with Crippen LogP contribution in [0.1, 0.15) is 60.4 Å². The summed E-state index contributed by atoms with van der Waals surface area (Å²) >= 11 is 0. The molecule has 1 aliphatic carbocycles. The van der Waals surface area contributed by atoms with Gasteiger partial charge >= 0.3 is 0 Å². The van der Waals surface area contributed by atoms with Crippen molar-refractivity contribution in [3.8, 4) is 0 Å². The highest BCUT2D eigenvalue weighted by molar-refractivity contribution is 5.61. The molecule has 1 saturated heterocycles. The number of benzene rings is 1. The van der Waals surface area contributed by atoms with Crippen LogP contribution >= 0.6 is 0 Å². The lowest BCUT2D eigenvalue weighted by Crippen LogP contribution is -2.33. The number of hydrogen-bond acceptors (Lipinski definition) is 5. The van der Waals surface area contributed by atoms with Gasteiger partial charge in [-0.05, 0) is 56.3 Å². The zero-order chi connectivity index (χ0) is 15.9. The van der Waals surface area contributed by atoms with Crippen molar-refractivity contribution in [1.29, 1.82) is 0 Å². The molecule has 0 unspecified atom stereocenters. The molecule has 2 fully saturated rings. The molecule has 5 nitrogen and oxygen atoms in total. The summed E-state index contributed by atoms with van der Waals surface area (Å²) in [6.07, 6.45) is 5.86. The first-order chi connectivity index (χ1) is 11.9. The van der Waals surface area contributed by atoms with Crippen LogP contribution in [0.3, 0.4) is 0 Å². The van der Waals surface area contributed by atoms with Crippen LogP contribution in [0.4, 0.5) is 5.69 Å². The molecule has 0 amide bonds. The summed E-state index contributed by atoms with van der Waals surface area (Å²) in [6.45, 7) is 4.35. The lowest BCUT2D eigenvalue weighted by atomic mass is 9.95. The fourth-order valence-electron chi connectivity index (χ4n) is 4.04. The summed E-state index contributed by atoms with van der Waals surface area (Å²) in [7, 11) is 0. The molecule has 0 bridgehead atoms. The van der Waals surface area contributed by atoms with Gasteiger partial charge in [-0.15, -0.1) is 0 Å². The van der Waals surface area contributed by atoms with E-state index in [-0.39, 0.29) is 0 Å². The van der Waals surface area contributed by atoms with E-state index >= 15 is 0 Å². The Hall–Kier alpha value is -1.88. The van der Waals surface area contributed by atoms with E-state index in [0.717, 1.165) is 57.2 Å². The maximum Gasteiger partial charge on any atom is 0.229 e. The van der Waals surface area contributed by atoms with E-state index in [4.69, 9.17) is 4.52 Å². The van der Waals surface area contributed by atoms with Crippen LogP contribution in [0.15, 0.2) is 22.7 Å². The van der Waals surface area contributed by atoms with Crippen LogP contribution in [0.5, 0.6) is 0 Å². The Morgan fingerprint density at radius 2 is 2.00 bits per heavy atom. The van der Waals surface area contributed by atoms with Gasteiger partial charge in [0.05, 0.1) is 0 Å². The number of rotatable bonds is 4. The summed E-state index contributed by atoms with van der Waals surface area (Å²) in [5.41, 5.74) is 4.30. The molecule has 2 aromatic rings. The number of nitrogens with zero attached hydrogens (tertiary/aromatic N) is 3. The van der Waals surface area contributed by atoms with Crippen molar-refractivity contribution in [2.45, 2.75) is 50.5 Å². The quantitative estimate of drug-likeness (QED) is 0.935. The van der Waals surface area contributed by atoms with Gasteiger partial charge in [0.15, 0.2) is 5.82 Å². The molecule has 1 aromatic heterocycles. The first-order valence-electron chi connectivity index (χ1n) is 9.27. The van der Waals surface area contributed by atoms with Gasteiger partial charge in [0.1, 0.15) is 0 Å². The van der Waals surface area contributed by atoms with E-state index in [9.17, 15) is 0 Å². The van der Waals surface area contributed by atoms with Crippen LogP contribution < -0.4 is 5.32 Å². The number of hydrogen-bond donors (Lipinski definition) is 1. The normalized spacial score (nSPS) is 21.7. The first kappa shape index (κ1) is 14.5. The molecule has 3 aliphatic rings. The largest absolute Gasteiger partial charge is 0.384 e. The van der Waals surface area contributed by atoms with Gasteiger partial charge < -0.3 is 9.84 Å². The number of aromatic nitrogens is 2. The van der Waals surface area contributed by atoms with Gasteiger partial charge in [0.2, 0.25) is 5.89 Å². The zero-order valence-corrected chi connectivity index (χ0v) is 14.0. The van der Waals surface area contributed by atoms with E-state index in [2.05, 4.69) is 38.6 Å². The van der Waals surface area contributed by atoms with Gasteiger partial charge in [-0.3, -0.25) is 4.90 Å². The second-order valence-electron chi connectivity index (χ2n) is 7.44. The molecule has 1 N–H and O–H groups in total. The van der Waals surface area contributed by atoms with E-state index in [0.29, 0.717) is 11.8 Å². The molecule has 1 saturated carbocycles. The third-order valence-corrected chi connectivity index (χ3v) is 5.66. The van der Waals surface area contributed by atoms with Crippen molar-refractivity contribution < 1.29 is 4.52 Å². The van der Waals surface area contributed by atoms with Crippen LogP contribution in [-0.4, -0.2) is 34.7 Å². The van der Waals surface area contributed by atoms with Crippen molar-refractivity contribution in [3.63, 3.8) is 0 Å². The van der Waals surface area contributed by atoms with Crippen LogP contribution in [0.2, 0.25) is 0 Å². The molecule has 5 rings (SSSR count). The third-order valence-electron chi connectivity index (χ3n) is 5.66. The Bertz CT molecular complexity index is 729. The highest BCUT2D eigenvalue weighted by Crippen LogP contribution is 2.40. The van der Waals surface area contributed by atoms with Gasteiger partial charge in [0, 0.05) is 30.6 Å². The minimum atomic E-state index is 0.470. The second-order valence-corrected chi connectivity index (χ2v) is 7.44. The number of piperidine rings is 1. The lowest BCUT2D eigenvalue weighted by Gasteiger charge is -2.31. The zero-order valence-electron chi connectivity index (χ0n) is 14.0. The topological polar surface area (TPSA) is 54.2 Å². The van der Waals surface area contributed by atoms with E-state index < -0.39 is 0 Å². The summed E-state index contributed by atoms with van der Waals surface area (Å²) in [6, 6.07) is 6.72. The number of anilines is 1. The fourth-order valence-corrected chi connectivity index (χ4v) is 4.04. The highest BCUT2D eigenvalue weighted by Gasteiger charge is 2.32. The minimum absolute atomic E-state index is 0.470. The molecule has 2 aliphatic heterocycles. The molecular formula is C19H24N4O. The SMILES string of the molecule is c1cc2c(c(CN3CCC(c4noc(C5CC5)n4)CC3)c1)NCC2. The molecule has 0 spiro atoms. The highest BCUT2D eigenvalue weighted by atomic mass is 16.5. The molecular weight excluding hydrogens is 300 g/mol. The van der Waals surface area contributed by atoms with Crippen molar-refractivity contribution >= 4 is 5.69 Å². The van der Waals surface area contributed by atoms with Crippen LogP contribution in [-0.2, 0) is 13.0 Å². The Kier molecular flexibility index (Phi) is 3.55. The summed E-state index contributed by atoms with van der Waals surface area (Å²) in [4.78, 5) is 7.21. The average Bonchev–Trinajstić information content (AvgIpc) is 3.15. The Balaban J connectivity index is 1.21. The molecule has 5 heteroatoms. The van der Waals surface area contributed by atoms with Gasteiger partial charge in [-0.25, -0.2) is 0 Å². The molecule has 126 valence electrons. The Labute approximate surface area is 142 Å². The first-order valence-corrected chi connectivity index (χ1v) is 9.27. The van der Waals surface area contributed by atoms with E-state index in [1.165, 1.54) is 29.7 Å². The number of nitrogens with one attached hydrogen (secondary N) is 1. The molecule has 24 heavy (non-hydrogen) atoms. The monoisotopic (exact) mass is 324 g/mol. The number of fused-ring (bicyclic) bond motifs is 1. The van der Waals surface area contributed by atoms with E-state index in [1.807, 2.05) is 0 Å². The smallest absolute Gasteiger partial charge is 0.229 e. The van der Waals surface area contributed by atoms with Crippen LogP contribution in [0.25, 0.3) is 0 Å². The molecule has 1 aromatic carbocycles. The average molecular weight is 324 g/mol. The Morgan fingerprint density at radius 3 is 2.83 bits per heavy atom. The van der Waals surface area contributed by atoms with Gasteiger partial charge in [0.25, 0.3) is 0 Å². The maximum absolute atomic E-state index is 5.43. The predicted molar refractivity (Wildman–Crippen MR) is 92.2 cm³/mol. The lowest BCUT2D eigenvalue weighted by molar-refractivity contribution is 0.200. The van der Waals surface area contributed by atoms with E-state index in [1.54, 1.807) is 0 Å². The predicted octanol–water partition coefficient (Wildman–Crippen LogP) is 3.29. The van der Waals surface area contributed by atoms with Crippen molar-refractivity contribution in [1.82, 2.24) is 15.0 Å². The number of para-hydroxylation sites is 1. The third kappa shape index (κ3) is 2.71. The van der Waals surface area contributed by atoms with Crippen molar-refractivity contribution in [2.75, 3.05) is 25.0 Å². The maximum atomic E-state index is 5.43. The van der Waals surface area contributed by atoms with Gasteiger partial charge in [-0.1, -0.05) is 23.4 Å². The molecule has 0 radical (unpaired) electrons. The summed E-state index contributed by atoms with van der Waals surface area (Å²) in [5.74, 6) is 2.84. The molecule has 0 atom stereocenters. The van der Waals surface area contributed by atoms with Crippen LogP contribution in [0, 0.1) is 0 Å².